The van der Waals surface area contributed by atoms with Crippen molar-refractivity contribution in [3.05, 3.63) is 66.3 Å². The van der Waals surface area contributed by atoms with Crippen LogP contribution in [0, 0.1) is 6.10 Å². The Kier molecular flexibility index (Phi) is 5.49. The quantitative estimate of drug-likeness (QED) is 0.600. The van der Waals surface area contributed by atoms with E-state index in [0.717, 1.165) is 11.1 Å². The molecule has 0 saturated carbocycles. The molecule has 4 nitrogen and oxygen atoms in total. The first-order valence-electron chi connectivity index (χ1n) is 6.56. The van der Waals surface area contributed by atoms with Crippen molar-refractivity contribution in [2.75, 3.05) is 13.7 Å². The fourth-order valence-electron chi connectivity index (χ4n) is 1.84. The van der Waals surface area contributed by atoms with Gasteiger partial charge in [0, 0.05) is 7.11 Å². The molecule has 0 fully saturated rings. The molecule has 4 heteroatoms. The number of carbonyl (C=O) groups excluding carboxylic acids is 1. The first-order valence-corrected chi connectivity index (χ1v) is 6.56. The fourth-order valence-corrected chi connectivity index (χ4v) is 1.84. The van der Waals surface area contributed by atoms with Gasteiger partial charge in [-0.2, -0.15) is 4.89 Å². The predicted octanol–water partition coefficient (Wildman–Crippen LogP) is 3.64. The van der Waals surface area contributed by atoms with E-state index in [1.165, 1.54) is 7.11 Å². The number of benzene rings is 2. The van der Waals surface area contributed by atoms with Gasteiger partial charge >= 0.3 is 5.97 Å². The number of methoxy groups -OCH3 is 1. The maximum atomic E-state index is 11.9. The first kappa shape index (κ1) is 15.2. The van der Waals surface area contributed by atoms with Crippen LogP contribution in [0.15, 0.2) is 54.6 Å². The van der Waals surface area contributed by atoms with E-state index in [4.69, 9.17) is 14.5 Å². The number of hydrogen-bond acceptors (Lipinski definition) is 4. The standard InChI is InChI=1S/C17H17O4/c1-13(12-19-2)20-21-17(18)16-10-6-9-15(11-16)14-7-4-3-5-8-14/h3-11H,12H2,1-2H3. The van der Waals surface area contributed by atoms with Gasteiger partial charge in [0.25, 0.3) is 0 Å². The molecule has 0 spiro atoms. The monoisotopic (exact) mass is 285 g/mol. The summed E-state index contributed by atoms with van der Waals surface area (Å²) in [5.74, 6) is -0.539. The molecule has 2 aromatic rings. The maximum absolute atomic E-state index is 11.9. The van der Waals surface area contributed by atoms with Crippen molar-refractivity contribution >= 4 is 5.97 Å². The van der Waals surface area contributed by atoms with Crippen molar-refractivity contribution < 1.29 is 19.3 Å². The molecule has 0 saturated heterocycles. The zero-order chi connectivity index (χ0) is 15.1. The van der Waals surface area contributed by atoms with Crippen LogP contribution in [-0.4, -0.2) is 19.7 Å². The largest absolute Gasteiger partial charge is 0.381 e. The molecule has 0 unspecified atom stereocenters. The molecule has 2 rings (SSSR count). The van der Waals surface area contributed by atoms with Crippen molar-refractivity contribution in [1.29, 1.82) is 0 Å². The van der Waals surface area contributed by atoms with E-state index in [2.05, 4.69) is 0 Å². The van der Waals surface area contributed by atoms with Crippen molar-refractivity contribution in [2.24, 2.45) is 0 Å². The number of ether oxygens (including phenoxy) is 1. The summed E-state index contributed by atoms with van der Waals surface area (Å²) >= 11 is 0. The number of hydrogen-bond donors (Lipinski definition) is 0. The van der Waals surface area contributed by atoms with E-state index in [-0.39, 0.29) is 6.61 Å². The molecule has 0 heterocycles. The van der Waals surface area contributed by atoms with Crippen LogP contribution in [0.3, 0.4) is 0 Å². The molecule has 21 heavy (non-hydrogen) atoms. The molecule has 0 atom stereocenters. The summed E-state index contributed by atoms with van der Waals surface area (Å²) in [6.45, 7) is 1.95. The van der Waals surface area contributed by atoms with Crippen LogP contribution in [0.5, 0.6) is 0 Å². The van der Waals surface area contributed by atoms with Gasteiger partial charge in [-0.25, -0.2) is 4.79 Å². The molecule has 0 aliphatic heterocycles. The highest BCUT2D eigenvalue weighted by molar-refractivity contribution is 5.90. The van der Waals surface area contributed by atoms with Crippen LogP contribution in [-0.2, 0) is 14.5 Å². The molecule has 0 N–H and O–H groups in total. The lowest BCUT2D eigenvalue weighted by Crippen LogP contribution is -2.11. The van der Waals surface area contributed by atoms with Gasteiger partial charge in [0.1, 0.15) is 0 Å². The molecule has 0 aliphatic carbocycles. The molecular formula is C17H17O4. The summed E-state index contributed by atoms with van der Waals surface area (Å²) in [7, 11) is 1.54. The summed E-state index contributed by atoms with van der Waals surface area (Å²) in [6, 6.07) is 17.0. The summed E-state index contributed by atoms with van der Waals surface area (Å²) in [5.41, 5.74) is 2.42. The molecule has 0 aromatic heterocycles. The predicted molar refractivity (Wildman–Crippen MR) is 79.2 cm³/mol. The van der Waals surface area contributed by atoms with Gasteiger partial charge in [-0.15, -0.1) is 0 Å². The molecule has 0 bridgehead atoms. The Hall–Kier alpha value is -2.17. The van der Waals surface area contributed by atoms with E-state index in [1.54, 1.807) is 19.1 Å². The summed E-state index contributed by atoms with van der Waals surface area (Å²) < 4.78 is 4.87. The third kappa shape index (κ3) is 4.41. The van der Waals surface area contributed by atoms with E-state index >= 15 is 0 Å². The van der Waals surface area contributed by atoms with Crippen molar-refractivity contribution in [1.82, 2.24) is 0 Å². The van der Waals surface area contributed by atoms with Crippen LogP contribution in [0.25, 0.3) is 11.1 Å². The molecular weight excluding hydrogens is 268 g/mol. The fraction of sp³-hybridized carbons (Fsp3) is 0.176. The highest BCUT2D eigenvalue weighted by atomic mass is 17.2. The second kappa shape index (κ2) is 7.57. The Morgan fingerprint density at radius 1 is 0.952 bits per heavy atom. The Balaban J connectivity index is 2.05. The van der Waals surface area contributed by atoms with Gasteiger partial charge in [0.15, 0.2) is 6.10 Å². The lowest BCUT2D eigenvalue weighted by molar-refractivity contribution is -0.237. The summed E-state index contributed by atoms with van der Waals surface area (Å²) in [6.07, 6.45) is 0.477. The van der Waals surface area contributed by atoms with E-state index in [1.807, 2.05) is 42.5 Å². The lowest BCUT2D eigenvalue weighted by atomic mass is 10.0. The Bertz CT molecular complexity index is 580. The van der Waals surface area contributed by atoms with E-state index in [0.29, 0.717) is 11.7 Å². The topological polar surface area (TPSA) is 44.8 Å². The minimum atomic E-state index is -0.539. The average Bonchev–Trinajstić information content (AvgIpc) is 2.54. The van der Waals surface area contributed by atoms with Crippen molar-refractivity contribution in [3.63, 3.8) is 0 Å². The molecule has 1 radical (unpaired) electrons. The summed E-state index contributed by atoms with van der Waals surface area (Å²) in [5, 5.41) is 0. The third-order valence-corrected chi connectivity index (χ3v) is 2.81. The van der Waals surface area contributed by atoms with E-state index in [9.17, 15) is 4.79 Å². The van der Waals surface area contributed by atoms with Gasteiger partial charge in [-0.1, -0.05) is 42.5 Å². The van der Waals surface area contributed by atoms with Crippen LogP contribution in [0.4, 0.5) is 0 Å². The Morgan fingerprint density at radius 2 is 1.67 bits per heavy atom. The number of rotatable bonds is 6. The van der Waals surface area contributed by atoms with Crippen LogP contribution in [0.1, 0.15) is 17.3 Å². The first-order chi connectivity index (χ1) is 10.2. The highest BCUT2D eigenvalue weighted by Gasteiger charge is 2.12. The molecule has 109 valence electrons. The second-order valence-electron chi connectivity index (χ2n) is 4.54. The Morgan fingerprint density at radius 3 is 2.38 bits per heavy atom. The van der Waals surface area contributed by atoms with Crippen LogP contribution in [0.2, 0.25) is 0 Å². The minimum Gasteiger partial charge on any atom is -0.381 e. The van der Waals surface area contributed by atoms with Gasteiger partial charge in [-0.05, 0) is 30.2 Å². The third-order valence-electron chi connectivity index (χ3n) is 2.81. The molecule has 2 aromatic carbocycles. The summed E-state index contributed by atoms with van der Waals surface area (Å²) in [4.78, 5) is 21.6. The van der Waals surface area contributed by atoms with Gasteiger partial charge in [0.05, 0.1) is 12.2 Å². The smallest absolute Gasteiger partial charge is 0.373 e. The van der Waals surface area contributed by atoms with Crippen LogP contribution < -0.4 is 0 Å². The lowest BCUT2D eigenvalue weighted by Gasteiger charge is -2.09. The van der Waals surface area contributed by atoms with Gasteiger partial charge in [-0.3, -0.25) is 4.89 Å². The number of carbonyl (C=O) groups is 1. The second-order valence-corrected chi connectivity index (χ2v) is 4.54. The van der Waals surface area contributed by atoms with Gasteiger partial charge in [0.2, 0.25) is 0 Å². The minimum absolute atomic E-state index is 0.275. The van der Waals surface area contributed by atoms with E-state index < -0.39 is 5.97 Å². The maximum Gasteiger partial charge on any atom is 0.373 e. The molecule has 0 amide bonds. The zero-order valence-electron chi connectivity index (χ0n) is 12.0. The molecule has 0 aliphatic rings. The average molecular weight is 285 g/mol. The SMILES string of the molecule is COC[C](C)OOC(=O)c1cccc(-c2ccccc2)c1. The zero-order valence-corrected chi connectivity index (χ0v) is 12.0. The highest BCUT2D eigenvalue weighted by Crippen LogP contribution is 2.20. The van der Waals surface area contributed by atoms with Crippen LogP contribution >= 0.6 is 0 Å². The van der Waals surface area contributed by atoms with Crippen molar-refractivity contribution in [3.8, 4) is 11.1 Å². The van der Waals surface area contributed by atoms with Crippen molar-refractivity contribution in [2.45, 2.75) is 6.92 Å². The van der Waals surface area contributed by atoms with Gasteiger partial charge < -0.3 is 4.74 Å². The normalized spacial score (nSPS) is 10.6. The Labute approximate surface area is 124 Å².